The summed E-state index contributed by atoms with van der Waals surface area (Å²) in [4.78, 5) is 0.252. The van der Waals surface area contributed by atoms with Crippen LogP contribution < -0.4 is 10.5 Å². The molecule has 0 aliphatic heterocycles. The van der Waals surface area contributed by atoms with E-state index in [0.717, 1.165) is 25.0 Å². The van der Waals surface area contributed by atoms with Gasteiger partial charge in [0.1, 0.15) is 0 Å². The minimum atomic E-state index is -3.48. The lowest BCUT2D eigenvalue weighted by molar-refractivity contribution is 0.575. The second kappa shape index (κ2) is 8.26. The van der Waals surface area contributed by atoms with E-state index in [2.05, 4.69) is 26.9 Å². The quantitative estimate of drug-likeness (QED) is 0.536. The van der Waals surface area contributed by atoms with E-state index in [-0.39, 0.29) is 4.90 Å². The van der Waals surface area contributed by atoms with Crippen molar-refractivity contribution < 1.29 is 8.42 Å². The van der Waals surface area contributed by atoms with Crippen molar-refractivity contribution in [1.82, 2.24) is 4.72 Å². The summed E-state index contributed by atoms with van der Waals surface area (Å²) >= 11 is 5.10. The minimum Gasteiger partial charge on any atom is -0.398 e. The van der Waals surface area contributed by atoms with Crippen molar-refractivity contribution in [1.29, 1.82) is 0 Å². The highest BCUT2D eigenvalue weighted by molar-refractivity contribution is 9.10. The summed E-state index contributed by atoms with van der Waals surface area (Å²) in [5.41, 5.74) is 6.86. The molecule has 7 heteroatoms. The molecule has 3 N–H and O–H groups in total. The first-order chi connectivity index (χ1) is 9.38. The number of anilines is 1. The molecule has 0 aromatic heterocycles. The SMILES string of the molecule is CSCCCCCNS(=O)(=O)c1cc(N)c(Br)cc1C. The zero-order valence-electron chi connectivity index (χ0n) is 11.8. The molecule has 4 nitrogen and oxygen atoms in total. The van der Waals surface area contributed by atoms with Gasteiger partial charge in [0.25, 0.3) is 0 Å². The molecule has 0 amide bonds. The van der Waals surface area contributed by atoms with E-state index in [1.807, 2.05) is 11.8 Å². The smallest absolute Gasteiger partial charge is 0.240 e. The van der Waals surface area contributed by atoms with E-state index in [1.54, 1.807) is 13.0 Å². The molecule has 0 fully saturated rings. The van der Waals surface area contributed by atoms with Crippen LogP contribution in [-0.4, -0.2) is 27.0 Å². The van der Waals surface area contributed by atoms with Crippen molar-refractivity contribution in [2.75, 3.05) is 24.3 Å². The predicted octanol–water partition coefficient (Wildman–Crippen LogP) is 3.15. The molecule has 20 heavy (non-hydrogen) atoms. The third kappa shape index (κ3) is 5.27. The van der Waals surface area contributed by atoms with Gasteiger partial charge in [-0.15, -0.1) is 0 Å². The molecule has 114 valence electrons. The lowest BCUT2D eigenvalue weighted by atomic mass is 10.2. The molecule has 0 atom stereocenters. The van der Waals surface area contributed by atoms with Gasteiger partial charge in [-0.25, -0.2) is 13.1 Å². The normalized spacial score (nSPS) is 11.8. The standard InChI is InChI=1S/C13H21BrN2O2S2/c1-10-8-11(14)12(15)9-13(10)20(17,18)16-6-4-3-5-7-19-2/h8-9,16H,3-7,15H2,1-2H3. The van der Waals surface area contributed by atoms with Crippen molar-refractivity contribution >= 4 is 43.4 Å². The van der Waals surface area contributed by atoms with Crippen LogP contribution in [0.1, 0.15) is 24.8 Å². The largest absolute Gasteiger partial charge is 0.398 e. The van der Waals surface area contributed by atoms with E-state index >= 15 is 0 Å². The fraction of sp³-hybridized carbons (Fsp3) is 0.538. The summed E-state index contributed by atoms with van der Waals surface area (Å²) < 4.78 is 27.8. The Labute approximate surface area is 134 Å². The van der Waals surface area contributed by atoms with Crippen LogP contribution in [0.3, 0.4) is 0 Å². The summed E-state index contributed by atoms with van der Waals surface area (Å²) in [5, 5.41) is 0. The van der Waals surface area contributed by atoms with Gasteiger partial charge in [0.2, 0.25) is 10.0 Å². The van der Waals surface area contributed by atoms with Gasteiger partial charge in [-0.05, 0) is 65.4 Å². The Hall–Kier alpha value is -0.240. The number of unbranched alkanes of at least 4 members (excludes halogenated alkanes) is 2. The van der Waals surface area contributed by atoms with E-state index in [9.17, 15) is 8.42 Å². The van der Waals surface area contributed by atoms with Crippen LogP contribution in [0.2, 0.25) is 0 Å². The monoisotopic (exact) mass is 380 g/mol. The number of sulfonamides is 1. The molecule has 1 rings (SSSR count). The molecule has 0 unspecified atom stereocenters. The Morgan fingerprint density at radius 3 is 2.65 bits per heavy atom. The summed E-state index contributed by atoms with van der Waals surface area (Å²) in [6, 6.07) is 3.22. The zero-order chi connectivity index (χ0) is 15.2. The molecule has 0 saturated heterocycles. The number of hydrogen-bond donors (Lipinski definition) is 2. The second-order valence-corrected chi connectivity index (χ2v) is 8.17. The van der Waals surface area contributed by atoms with Crippen LogP contribution in [0.25, 0.3) is 0 Å². The first-order valence-corrected chi connectivity index (χ1v) is 10.1. The molecule has 1 aromatic rings. The van der Waals surface area contributed by atoms with Crippen LogP contribution in [0, 0.1) is 6.92 Å². The maximum Gasteiger partial charge on any atom is 0.240 e. The molecular formula is C13H21BrN2O2S2. The van der Waals surface area contributed by atoms with Gasteiger partial charge in [-0.2, -0.15) is 11.8 Å². The Morgan fingerprint density at radius 2 is 2.00 bits per heavy atom. The fourth-order valence-electron chi connectivity index (χ4n) is 1.79. The number of aryl methyl sites for hydroxylation is 1. The van der Waals surface area contributed by atoms with E-state index in [0.29, 0.717) is 22.3 Å². The summed E-state index contributed by atoms with van der Waals surface area (Å²) in [7, 11) is -3.48. The first-order valence-electron chi connectivity index (χ1n) is 6.42. The van der Waals surface area contributed by atoms with Crippen molar-refractivity contribution in [2.24, 2.45) is 0 Å². The Kier molecular flexibility index (Phi) is 7.36. The van der Waals surface area contributed by atoms with Gasteiger partial charge in [-0.3, -0.25) is 0 Å². The zero-order valence-corrected chi connectivity index (χ0v) is 15.0. The highest BCUT2D eigenvalue weighted by atomic mass is 79.9. The van der Waals surface area contributed by atoms with E-state index < -0.39 is 10.0 Å². The number of nitrogens with two attached hydrogens (primary N) is 1. The third-order valence-electron chi connectivity index (χ3n) is 2.90. The van der Waals surface area contributed by atoms with Gasteiger partial charge in [0.05, 0.1) is 4.90 Å². The summed E-state index contributed by atoms with van der Waals surface area (Å²) in [6.07, 6.45) is 5.08. The summed E-state index contributed by atoms with van der Waals surface area (Å²) in [6.45, 7) is 2.23. The minimum absolute atomic E-state index is 0.252. The van der Waals surface area contributed by atoms with Gasteiger partial charge in [-0.1, -0.05) is 6.42 Å². The molecule has 0 heterocycles. The number of thioether (sulfide) groups is 1. The molecule has 0 saturated carbocycles. The predicted molar refractivity (Wildman–Crippen MR) is 90.7 cm³/mol. The summed E-state index contributed by atoms with van der Waals surface area (Å²) in [5.74, 6) is 1.12. The lowest BCUT2D eigenvalue weighted by Gasteiger charge is -2.11. The molecule has 0 aliphatic rings. The highest BCUT2D eigenvalue weighted by Crippen LogP contribution is 2.26. The maximum atomic E-state index is 12.2. The Balaban J connectivity index is 2.63. The van der Waals surface area contributed by atoms with Crippen molar-refractivity contribution in [3.05, 3.63) is 22.2 Å². The number of hydrogen-bond acceptors (Lipinski definition) is 4. The van der Waals surface area contributed by atoms with Crippen molar-refractivity contribution in [3.8, 4) is 0 Å². The van der Waals surface area contributed by atoms with Crippen LogP contribution in [-0.2, 0) is 10.0 Å². The lowest BCUT2D eigenvalue weighted by Crippen LogP contribution is -2.25. The van der Waals surface area contributed by atoms with E-state index in [1.165, 1.54) is 6.07 Å². The number of nitrogen functional groups attached to an aromatic ring is 1. The van der Waals surface area contributed by atoms with Gasteiger partial charge < -0.3 is 5.73 Å². The average molecular weight is 381 g/mol. The molecule has 0 aliphatic carbocycles. The van der Waals surface area contributed by atoms with Crippen LogP contribution in [0.5, 0.6) is 0 Å². The highest BCUT2D eigenvalue weighted by Gasteiger charge is 2.17. The van der Waals surface area contributed by atoms with Crippen LogP contribution in [0.15, 0.2) is 21.5 Å². The Bertz CT molecular complexity index is 548. The number of benzene rings is 1. The number of halogens is 1. The number of rotatable bonds is 8. The fourth-order valence-corrected chi connectivity index (χ4v) is 4.07. The Morgan fingerprint density at radius 1 is 1.30 bits per heavy atom. The molecule has 0 radical (unpaired) electrons. The molecule has 0 spiro atoms. The maximum absolute atomic E-state index is 12.2. The van der Waals surface area contributed by atoms with Crippen LogP contribution in [0.4, 0.5) is 5.69 Å². The molecule has 0 bridgehead atoms. The van der Waals surface area contributed by atoms with Gasteiger partial charge in [0.15, 0.2) is 0 Å². The van der Waals surface area contributed by atoms with Crippen molar-refractivity contribution in [2.45, 2.75) is 31.1 Å². The number of nitrogens with one attached hydrogen (secondary N) is 1. The molecule has 1 aromatic carbocycles. The molecular weight excluding hydrogens is 360 g/mol. The average Bonchev–Trinajstić information content (AvgIpc) is 2.37. The van der Waals surface area contributed by atoms with Crippen molar-refractivity contribution in [3.63, 3.8) is 0 Å². The first kappa shape index (κ1) is 17.8. The third-order valence-corrected chi connectivity index (χ3v) is 5.89. The second-order valence-electron chi connectivity index (χ2n) is 4.59. The van der Waals surface area contributed by atoms with Gasteiger partial charge in [0, 0.05) is 16.7 Å². The van der Waals surface area contributed by atoms with Crippen LogP contribution >= 0.6 is 27.7 Å². The topological polar surface area (TPSA) is 72.2 Å². The van der Waals surface area contributed by atoms with E-state index in [4.69, 9.17) is 5.73 Å². The van der Waals surface area contributed by atoms with Gasteiger partial charge >= 0.3 is 0 Å².